The second-order valence-corrected chi connectivity index (χ2v) is 5.28. The minimum absolute atomic E-state index is 0.00671. The van der Waals surface area contributed by atoms with Gasteiger partial charge in [-0.05, 0) is 39.7 Å². The van der Waals surface area contributed by atoms with E-state index in [0.29, 0.717) is 16.7 Å². The maximum absolute atomic E-state index is 13.0. The summed E-state index contributed by atoms with van der Waals surface area (Å²) in [4.78, 5) is 10.2. The van der Waals surface area contributed by atoms with Crippen molar-refractivity contribution in [1.82, 2.24) is 0 Å². The average molecular weight is 360 g/mol. The van der Waals surface area contributed by atoms with Gasteiger partial charge in [0.05, 0.1) is 9.95 Å². The highest BCUT2D eigenvalue weighted by Crippen LogP contribution is 2.27. The molecule has 0 fully saturated rings. The second-order valence-electron chi connectivity index (χ2n) is 4.02. The normalized spacial score (nSPS) is 10.3. The van der Waals surface area contributed by atoms with Gasteiger partial charge in [-0.25, -0.2) is 4.39 Å². The summed E-state index contributed by atoms with van der Waals surface area (Å²) in [5.41, 5.74) is 1.52. The van der Waals surface area contributed by atoms with Crippen molar-refractivity contribution >= 4 is 38.9 Å². The fraction of sp³-hybridized carbons (Fsp3) is 0.0769. The highest BCUT2D eigenvalue weighted by Gasteiger charge is 2.09. The van der Waals surface area contributed by atoms with Gasteiger partial charge >= 0.3 is 0 Å². The molecule has 0 bridgehead atoms. The molecule has 0 atom stereocenters. The molecule has 0 radical (unpaired) electrons. The predicted octanol–water partition coefficient (Wildman–Crippen LogP) is 4.76. The number of hydrogen-bond donors (Lipinski definition) is 1. The number of nitrogens with zero attached hydrogens (tertiary/aromatic N) is 1. The molecule has 0 saturated heterocycles. The number of rotatable bonds is 4. The van der Waals surface area contributed by atoms with Crippen LogP contribution in [0.15, 0.2) is 40.9 Å². The van der Waals surface area contributed by atoms with E-state index in [1.165, 1.54) is 24.3 Å². The zero-order chi connectivity index (χ0) is 14.7. The SMILES string of the molecule is O=[N+]([O-])c1ccc(NCc2ccc(F)c(Cl)c2)c(Br)c1. The maximum Gasteiger partial charge on any atom is 0.270 e. The van der Waals surface area contributed by atoms with Gasteiger partial charge in [-0.2, -0.15) is 0 Å². The molecule has 0 heterocycles. The van der Waals surface area contributed by atoms with Crippen molar-refractivity contribution in [3.05, 3.63) is 67.4 Å². The van der Waals surface area contributed by atoms with Gasteiger partial charge in [0.1, 0.15) is 5.82 Å². The summed E-state index contributed by atoms with van der Waals surface area (Å²) in [5, 5.41) is 13.8. The molecular formula is C13H9BrClFN2O2. The minimum atomic E-state index is -0.466. The molecule has 104 valence electrons. The number of nitro benzene ring substituents is 1. The van der Waals surface area contributed by atoms with Gasteiger partial charge < -0.3 is 5.32 Å². The summed E-state index contributed by atoms with van der Waals surface area (Å²) in [7, 11) is 0. The highest BCUT2D eigenvalue weighted by molar-refractivity contribution is 9.10. The van der Waals surface area contributed by atoms with Gasteiger partial charge in [0.2, 0.25) is 0 Å². The number of anilines is 1. The maximum atomic E-state index is 13.0. The molecule has 20 heavy (non-hydrogen) atoms. The number of non-ortho nitro benzene ring substituents is 1. The topological polar surface area (TPSA) is 55.2 Å². The van der Waals surface area contributed by atoms with Gasteiger partial charge in [0, 0.05) is 28.8 Å². The first-order chi connectivity index (χ1) is 9.47. The zero-order valence-electron chi connectivity index (χ0n) is 10.1. The van der Waals surface area contributed by atoms with Gasteiger partial charge in [-0.15, -0.1) is 0 Å². The average Bonchev–Trinajstić information content (AvgIpc) is 2.41. The third kappa shape index (κ3) is 3.46. The van der Waals surface area contributed by atoms with Crippen molar-refractivity contribution in [3.8, 4) is 0 Å². The first-order valence-electron chi connectivity index (χ1n) is 5.59. The van der Waals surface area contributed by atoms with Crippen molar-refractivity contribution in [3.63, 3.8) is 0 Å². The molecule has 0 unspecified atom stereocenters. The fourth-order valence-electron chi connectivity index (χ4n) is 1.61. The van der Waals surface area contributed by atoms with Gasteiger partial charge in [0.25, 0.3) is 5.69 Å². The van der Waals surface area contributed by atoms with Gasteiger partial charge in [-0.1, -0.05) is 17.7 Å². The Balaban J connectivity index is 2.10. The quantitative estimate of drug-likeness (QED) is 0.632. The van der Waals surface area contributed by atoms with Gasteiger partial charge in [-0.3, -0.25) is 10.1 Å². The monoisotopic (exact) mass is 358 g/mol. The van der Waals surface area contributed by atoms with E-state index in [4.69, 9.17) is 11.6 Å². The van der Waals surface area contributed by atoms with Crippen molar-refractivity contribution in [2.24, 2.45) is 0 Å². The van der Waals surface area contributed by atoms with Crippen molar-refractivity contribution in [1.29, 1.82) is 0 Å². The fourth-order valence-corrected chi connectivity index (χ4v) is 2.32. The Kier molecular flexibility index (Phi) is 4.57. The highest BCUT2D eigenvalue weighted by atomic mass is 79.9. The summed E-state index contributed by atoms with van der Waals surface area (Å²) in [5.74, 6) is -0.466. The first-order valence-corrected chi connectivity index (χ1v) is 6.76. The lowest BCUT2D eigenvalue weighted by Gasteiger charge is -2.09. The number of halogens is 3. The number of nitro groups is 1. The molecule has 0 aliphatic heterocycles. The summed E-state index contributed by atoms with van der Waals surface area (Å²) < 4.78 is 13.6. The standard InChI is InChI=1S/C13H9BrClFN2O2/c14-10-6-9(18(19)20)2-4-13(10)17-7-8-1-3-12(16)11(15)5-8/h1-6,17H,7H2. The summed E-state index contributed by atoms with van der Waals surface area (Å²) in [6.45, 7) is 0.427. The van der Waals surface area contributed by atoms with E-state index < -0.39 is 10.7 Å². The van der Waals surface area contributed by atoms with E-state index in [2.05, 4.69) is 21.2 Å². The number of hydrogen-bond acceptors (Lipinski definition) is 3. The smallest absolute Gasteiger partial charge is 0.270 e. The van der Waals surface area contributed by atoms with Crippen LogP contribution in [0.25, 0.3) is 0 Å². The van der Waals surface area contributed by atoms with Crippen LogP contribution in [-0.4, -0.2) is 4.92 Å². The summed E-state index contributed by atoms with van der Waals surface area (Å²) >= 11 is 8.96. The Labute approximate surface area is 127 Å². The molecule has 0 spiro atoms. The molecule has 2 rings (SSSR count). The van der Waals surface area contributed by atoms with Crippen LogP contribution in [0.2, 0.25) is 5.02 Å². The van der Waals surface area contributed by atoms with E-state index in [9.17, 15) is 14.5 Å². The molecule has 7 heteroatoms. The molecule has 0 amide bonds. The van der Waals surface area contributed by atoms with Crippen LogP contribution in [0.5, 0.6) is 0 Å². The van der Waals surface area contributed by atoms with Crippen molar-refractivity contribution < 1.29 is 9.31 Å². The Hall–Kier alpha value is -1.66. The molecular weight excluding hydrogens is 351 g/mol. The lowest BCUT2D eigenvalue weighted by atomic mass is 10.2. The third-order valence-electron chi connectivity index (χ3n) is 2.63. The Morgan fingerprint density at radius 2 is 2.05 bits per heavy atom. The van der Waals surface area contributed by atoms with E-state index in [-0.39, 0.29) is 10.7 Å². The summed E-state index contributed by atoms with van der Waals surface area (Å²) in [6.07, 6.45) is 0. The van der Waals surface area contributed by atoms with Crippen LogP contribution in [-0.2, 0) is 6.54 Å². The first kappa shape index (κ1) is 14.7. The number of nitrogens with one attached hydrogen (secondary N) is 1. The molecule has 1 N–H and O–H groups in total. The lowest BCUT2D eigenvalue weighted by molar-refractivity contribution is -0.384. The van der Waals surface area contributed by atoms with Crippen LogP contribution in [0.3, 0.4) is 0 Å². The zero-order valence-corrected chi connectivity index (χ0v) is 12.4. The van der Waals surface area contributed by atoms with Gasteiger partial charge in [0.15, 0.2) is 0 Å². The Bertz CT molecular complexity index is 667. The third-order valence-corrected chi connectivity index (χ3v) is 3.58. The second kappa shape index (κ2) is 6.19. The molecule has 4 nitrogen and oxygen atoms in total. The van der Waals surface area contributed by atoms with Crippen LogP contribution >= 0.6 is 27.5 Å². The Morgan fingerprint density at radius 1 is 1.30 bits per heavy atom. The predicted molar refractivity (Wildman–Crippen MR) is 79.5 cm³/mol. The van der Waals surface area contributed by atoms with Crippen LogP contribution in [0.4, 0.5) is 15.8 Å². The molecule has 0 aliphatic rings. The van der Waals surface area contributed by atoms with E-state index >= 15 is 0 Å². The molecule has 0 aliphatic carbocycles. The summed E-state index contributed by atoms with van der Waals surface area (Å²) in [6, 6.07) is 8.87. The van der Waals surface area contributed by atoms with Crippen LogP contribution in [0, 0.1) is 15.9 Å². The molecule has 0 saturated carbocycles. The van der Waals surface area contributed by atoms with E-state index in [1.54, 1.807) is 12.1 Å². The number of benzene rings is 2. The molecule has 2 aromatic carbocycles. The molecule has 0 aromatic heterocycles. The van der Waals surface area contributed by atoms with Crippen LogP contribution in [0.1, 0.15) is 5.56 Å². The van der Waals surface area contributed by atoms with E-state index in [1.807, 2.05) is 0 Å². The molecule has 2 aromatic rings. The Morgan fingerprint density at radius 3 is 2.65 bits per heavy atom. The largest absolute Gasteiger partial charge is 0.380 e. The van der Waals surface area contributed by atoms with Crippen molar-refractivity contribution in [2.45, 2.75) is 6.54 Å². The minimum Gasteiger partial charge on any atom is -0.380 e. The van der Waals surface area contributed by atoms with Crippen molar-refractivity contribution in [2.75, 3.05) is 5.32 Å². The van der Waals surface area contributed by atoms with E-state index in [0.717, 1.165) is 5.56 Å². The van der Waals surface area contributed by atoms with Crippen LogP contribution < -0.4 is 5.32 Å². The lowest BCUT2D eigenvalue weighted by Crippen LogP contribution is -2.01.